The second-order valence-electron chi connectivity index (χ2n) is 3.36. The zero-order chi connectivity index (χ0) is 12.3. The van der Waals surface area contributed by atoms with Gasteiger partial charge in [-0.25, -0.2) is 0 Å². The highest BCUT2D eigenvalue weighted by Crippen LogP contribution is 2.26. The molecular formula is C12H9ClN2O2. The highest BCUT2D eigenvalue weighted by molar-refractivity contribution is 6.31. The number of carbonyl (C=O) groups excluding carboxylic acids is 1. The summed E-state index contributed by atoms with van der Waals surface area (Å²) in [6.45, 7) is 0. The quantitative estimate of drug-likeness (QED) is 0.804. The molecule has 0 aliphatic heterocycles. The highest BCUT2D eigenvalue weighted by atomic mass is 35.5. The Kier molecular flexibility index (Phi) is 3.25. The summed E-state index contributed by atoms with van der Waals surface area (Å²) in [5.74, 6) is -0.387. The van der Waals surface area contributed by atoms with Crippen LogP contribution in [0.25, 0.3) is 0 Å². The predicted molar refractivity (Wildman–Crippen MR) is 65.3 cm³/mol. The van der Waals surface area contributed by atoms with Gasteiger partial charge in [0.25, 0.3) is 5.91 Å². The van der Waals surface area contributed by atoms with Crippen molar-refractivity contribution in [1.82, 2.24) is 4.98 Å². The third-order valence-corrected chi connectivity index (χ3v) is 2.37. The molecule has 5 heteroatoms. The van der Waals surface area contributed by atoms with E-state index in [2.05, 4.69) is 10.3 Å². The number of amides is 1. The van der Waals surface area contributed by atoms with Gasteiger partial charge in [-0.3, -0.25) is 9.78 Å². The molecule has 1 aromatic carbocycles. The van der Waals surface area contributed by atoms with Crippen LogP contribution in [0.5, 0.6) is 5.75 Å². The van der Waals surface area contributed by atoms with Crippen LogP contribution in [0.2, 0.25) is 5.02 Å². The lowest BCUT2D eigenvalue weighted by Gasteiger charge is -2.07. The maximum atomic E-state index is 11.8. The number of phenolic OH excluding ortho intramolecular Hbond substituents is 1. The molecule has 2 rings (SSSR count). The van der Waals surface area contributed by atoms with E-state index >= 15 is 0 Å². The van der Waals surface area contributed by atoms with Crippen LogP contribution in [0.4, 0.5) is 5.69 Å². The van der Waals surface area contributed by atoms with Crippen molar-refractivity contribution in [1.29, 1.82) is 0 Å². The lowest BCUT2D eigenvalue weighted by Crippen LogP contribution is -2.12. The van der Waals surface area contributed by atoms with Crippen LogP contribution in [0.3, 0.4) is 0 Å². The Morgan fingerprint density at radius 2 is 2.18 bits per heavy atom. The highest BCUT2D eigenvalue weighted by Gasteiger charge is 2.09. The molecule has 1 amide bonds. The van der Waals surface area contributed by atoms with Crippen LogP contribution in [0.1, 0.15) is 10.4 Å². The molecule has 0 unspecified atom stereocenters. The van der Waals surface area contributed by atoms with Crippen LogP contribution in [0.15, 0.2) is 42.7 Å². The summed E-state index contributed by atoms with van der Waals surface area (Å²) in [4.78, 5) is 15.6. The first-order chi connectivity index (χ1) is 8.16. The van der Waals surface area contributed by atoms with Gasteiger partial charge in [0.1, 0.15) is 5.75 Å². The van der Waals surface area contributed by atoms with Crippen molar-refractivity contribution < 1.29 is 9.90 Å². The van der Waals surface area contributed by atoms with Crippen molar-refractivity contribution in [3.63, 3.8) is 0 Å². The Labute approximate surface area is 103 Å². The maximum absolute atomic E-state index is 11.8. The lowest BCUT2D eigenvalue weighted by molar-refractivity contribution is 0.102. The number of halogens is 1. The third kappa shape index (κ3) is 2.73. The van der Waals surface area contributed by atoms with Crippen molar-refractivity contribution in [2.75, 3.05) is 5.32 Å². The summed E-state index contributed by atoms with van der Waals surface area (Å²) >= 11 is 5.77. The monoisotopic (exact) mass is 248 g/mol. The van der Waals surface area contributed by atoms with Crippen LogP contribution >= 0.6 is 11.6 Å². The zero-order valence-corrected chi connectivity index (χ0v) is 9.48. The Balaban J connectivity index is 2.22. The van der Waals surface area contributed by atoms with E-state index in [-0.39, 0.29) is 17.3 Å². The molecule has 17 heavy (non-hydrogen) atoms. The summed E-state index contributed by atoms with van der Waals surface area (Å²) in [5, 5.41) is 12.5. The number of aromatic nitrogens is 1. The van der Waals surface area contributed by atoms with Gasteiger partial charge in [-0.2, -0.15) is 0 Å². The molecule has 0 aliphatic rings. The normalized spacial score (nSPS) is 9.94. The molecule has 0 saturated heterocycles. The summed E-state index contributed by atoms with van der Waals surface area (Å²) in [6, 6.07) is 7.72. The SMILES string of the molecule is O=C(Nc1cc(Cl)ccc1O)c1cccnc1. The number of nitrogens with one attached hydrogen (secondary N) is 1. The molecule has 0 atom stereocenters. The van der Waals surface area contributed by atoms with Crippen LogP contribution in [-0.4, -0.2) is 16.0 Å². The topological polar surface area (TPSA) is 62.2 Å². The molecule has 2 aromatic rings. The van der Waals surface area contributed by atoms with Crippen LogP contribution < -0.4 is 5.32 Å². The minimum Gasteiger partial charge on any atom is -0.506 e. The Hall–Kier alpha value is -2.07. The van der Waals surface area contributed by atoms with Crippen molar-refractivity contribution in [2.24, 2.45) is 0 Å². The van der Waals surface area contributed by atoms with Crippen molar-refractivity contribution >= 4 is 23.2 Å². The van der Waals surface area contributed by atoms with Gasteiger partial charge < -0.3 is 10.4 Å². The number of anilines is 1. The smallest absolute Gasteiger partial charge is 0.257 e. The minimum atomic E-state index is -0.351. The molecule has 1 aromatic heterocycles. The fourth-order valence-electron chi connectivity index (χ4n) is 1.30. The van der Waals surface area contributed by atoms with E-state index in [1.54, 1.807) is 18.3 Å². The fourth-order valence-corrected chi connectivity index (χ4v) is 1.47. The fraction of sp³-hybridized carbons (Fsp3) is 0. The van der Waals surface area contributed by atoms with E-state index in [9.17, 15) is 9.90 Å². The van der Waals surface area contributed by atoms with E-state index in [0.29, 0.717) is 10.6 Å². The van der Waals surface area contributed by atoms with Gasteiger partial charge in [0.15, 0.2) is 0 Å². The van der Waals surface area contributed by atoms with Gasteiger partial charge >= 0.3 is 0 Å². The molecule has 0 bridgehead atoms. The maximum Gasteiger partial charge on any atom is 0.257 e. The van der Waals surface area contributed by atoms with Gasteiger partial charge in [0.05, 0.1) is 11.3 Å². The summed E-state index contributed by atoms with van der Waals surface area (Å²) in [7, 11) is 0. The number of aromatic hydroxyl groups is 1. The molecule has 0 fully saturated rings. The first kappa shape index (κ1) is 11.4. The molecule has 2 N–H and O–H groups in total. The first-order valence-electron chi connectivity index (χ1n) is 4.87. The van der Waals surface area contributed by atoms with Crippen molar-refractivity contribution in [3.05, 3.63) is 53.3 Å². The minimum absolute atomic E-state index is 0.0355. The standard InChI is InChI=1S/C12H9ClN2O2/c13-9-3-4-11(16)10(6-9)15-12(17)8-2-1-5-14-7-8/h1-7,16H,(H,15,17). The first-order valence-corrected chi connectivity index (χ1v) is 5.24. The van der Waals surface area contributed by atoms with Gasteiger partial charge in [-0.1, -0.05) is 11.6 Å². The molecule has 0 saturated carbocycles. The van der Waals surface area contributed by atoms with Gasteiger partial charge in [-0.05, 0) is 30.3 Å². The summed E-state index contributed by atoms with van der Waals surface area (Å²) < 4.78 is 0. The van der Waals surface area contributed by atoms with E-state index in [1.165, 1.54) is 24.4 Å². The number of phenols is 1. The lowest BCUT2D eigenvalue weighted by atomic mass is 10.2. The number of hydrogen-bond acceptors (Lipinski definition) is 3. The molecular weight excluding hydrogens is 240 g/mol. The number of pyridine rings is 1. The van der Waals surface area contributed by atoms with Crippen LogP contribution in [0, 0.1) is 0 Å². The average Bonchev–Trinajstić information content (AvgIpc) is 2.35. The molecule has 0 aliphatic carbocycles. The average molecular weight is 249 g/mol. The Morgan fingerprint density at radius 3 is 2.88 bits per heavy atom. The number of rotatable bonds is 2. The molecule has 4 nitrogen and oxygen atoms in total. The second kappa shape index (κ2) is 4.84. The van der Waals surface area contributed by atoms with Crippen molar-refractivity contribution in [3.8, 4) is 5.75 Å². The number of nitrogens with zero attached hydrogens (tertiary/aromatic N) is 1. The number of carbonyl (C=O) groups is 1. The van der Waals surface area contributed by atoms with Crippen molar-refractivity contribution in [2.45, 2.75) is 0 Å². The number of benzene rings is 1. The zero-order valence-electron chi connectivity index (χ0n) is 8.72. The van der Waals surface area contributed by atoms with Gasteiger partial charge in [0, 0.05) is 17.4 Å². The third-order valence-electron chi connectivity index (χ3n) is 2.13. The van der Waals surface area contributed by atoms with Crippen LogP contribution in [-0.2, 0) is 0 Å². The summed E-state index contributed by atoms with van der Waals surface area (Å²) in [5.41, 5.74) is 0.679. The largest absolute Gasteiger partial charge is 0.506 e. The van der Waals surface area contributed by atoms with E-state index < -0.39 is 0 Å². The molecule has 0 radical (unpaired) electrons. The van der Waals surface area contributed by atoms with E-state index in [0.717, 1.165) is 0 Å². The van der Waals surface area contributed by atoms with E-state index in [1.807, 2.05) is 0 Å². The number of hydrogen-bond donors (Lipinski definition) is 2. The van der Waals surface area contributed by atoms with Gasteiger partial charge in [0.2, 0.25) is 0 Å². The molecule has 1 heterocycles. The van der Waals surface area contributed by atoms with E-state index in [4.69, 9.17) is 11.6 Å². The Morgan fingerprint density at radius 1 is 1.35 bits per heavy atom. The second-order valence-corrected chi connectivity index (χ2v) is 3.79. The summed E-state index contributed by atoms with van der Waals surface area (Å²) in [6.07, 6.45) is 3.02. The predicted octanol–water partition coefficient (Wildman–Crippen LogP) is 2.69. The molecule has 86 valence electrons. The van der Waals surface area contributed by atoms with Gasteiger partial charge in [-0.15, -0.1) is 0 Å². The molecule has 0 spiro atoms. The Bertz CT molecular complexity index is 543.